The molecule has 0 aromatic carbocycles. The fourth-order valence-corrected chi connectivity index (χ4v) is 4.03. The van der Waals surface area contributed by atoms with E-state index in [2.05, 4.69) is 20.8 Å². The van der Waals surface area contributed by atoms with Crippen molar-refractivity contribution in [2.24, 2.45) is 5.92 Å². The van der Waals surface area contributed by atoms with Crippen LogP contribution in [-0.4, -0.2) is 25.6 Å². The molecule has 0 fully saturated rings. The van der Waals surface area contributed by atoms with Crippen LogP contribution in [0.2, 0.25) is 0 Å². The first-order valence-corrected chi connectivity index (χ1v) is 9.31. The predicted octanol–water partition coefficient (Wildman–Crippen LogP) is 3.03. The Balaban J connectivity index is 1.53. The maximum Gasteiger partial charge on any atom is 0.228 e. The topological polar surface area (TPSA) is 64.2 Å². The lowest BCUT2D eigenvalue weighted by Crippen LogP contribution is -2.39. The Labute approximate surface area is 150 Å². The van der Waals surface area contributed by atoms with Crippen molar-refractivity contribution in [1.82, 2.24) is 19.7 Å². The zero-order chi connectivity index (χ0) is 17.2. The molecule has 0 radical (unpaired) electrons. The zero-order valence-corrected chi connectivity index (χ0v) is 14.9. The minimum absolute atomic E-state index is 0.0443. The lowest BCUT2D eigenvalue weighted by atomic mass is 9.97. The maximum absolute atomic E-state index is 13.2. The number of aryl methyl sites for hydroxylation is 2. The van der Waals surface area contributed by atoms with E-state index in [9.17, 15) is 4.79 Å². The molecule has 0 spiro atoms. The fraction of sp³-hybridized carbons (Fsp3) is 0.389. The van der Waals surface area contributed by atoms with Crippen LogP contribution in [0, 0.1) is 12.8 Å². The number of thiophene rings is 1. The Kier molecular flexibility index (Phi) is 4.40. The third kappa shape index (κ3) is 3.37. The summed E-state index contributed by atoms with van der Waals surface area (Å²) in [6.45, 7) is 3.71. The van der Waals surface area contributed by atoms with Crippen molar-refractivity contribution in [2.45, 2.75) is 39.4 Å². The van der Waals surface area contributed by atoms with Crippen LogP contribution in [0.1, 0.15) is 28.7 Å². The predicted molar refractivity (Wildman–Crippen MR) is 93.9 cm³/mol. The van der Waals surface area contributed by atoms with E-state index < -0.39 is 0 Å². The summed E-state index contributed by atoms with van der Waals surface area (Å²) in [6, 6.07) is 7.85. The van der Waals surface area contributed by atoms with Gasteiger partial charge in [-0.1, -0.05) is 6.07 Å². The van der Waals surface area contributed by atoms with E-state index in [0.717, 1.165) is 30.3 Å². The molecule has 1 aliphatic rings. The number of amides is 1. The lowest BCUT2D eigenvalue weighted by molar-refractivity contribution is -0.138. The first-order chi connectivity index (χ1) is 12.2. The number of hydrogen-bond donors (Lipinski definition) is 0. The molecule has 3 aromatic rings. The van der Waals surface area contributed by atoms with Gasteiger partial charge in [-0.05, 0) is 36.9 Å². The zero-order valence-electron chi connectivity index (χ0n) is 14.1. The van der Waals surface area contributed by atoms with Gasteiger partial charge < -0.3 is 13.9 Å². The largest absolute Gasteiger partial charge is 0.467 e. The Morgan fingerprint density at radius 3 is 3.04 bits per heavy atom. The highest BCUT2D eigenvalue weighted by Gasteiger charge is 2.30. The van der Waals surface area contributed by atoms with Gasteiger partial charge in [-0.25, -0.2) is 0 Å². The molecule has 0 unspecified atom stereocenters. The average Bonchev–Trinajstić information content (AvgIpc) is 3.37. The molecular weight excluding hydrogens is 336 g/mol. The van der Waals surface area contributed by atoms with Gasteiger partial charge in [0.15, 0.2) is 0 Å². The van der Waals surface area contributed by atoms with Gasteiger partial charge >= 0.3 is 0 Å². The molecule has 0 N–H and O–H groups in total. The highest BCUT2D eigenvalue weighted by atomic mass is 32.1. The second kappa shape index (κ2) is 6.84. The van der Waals surface area contributed by atoms with Gasteiger partial charge in [-0.2, -0.15) is 0 Å². The summed E-state index contributed by atoms with van der Waals surface area (Å²) in [4.78, 5) is 16.3. The fourth-order valence-electron chi connectivity index (χ4n) is 3.32. The van der Waals surface area contributed by atoms with Crippen LogP contribution in [0.15, 0.2) is 40.3 Å². The minimum atomic E-state index is -0.0443. The van der Waals surface area contributed by atoms with Crippen LogP contribution in [0.4, 0.5) is 0 Å². The number of rotatable bonds is 5. The van der Waals surface area contributed by atoms with Crippen molar-refractivity contribution in [3.8, 4) is 0 Å². The molecule has 1 amide bonds. The Bertz CT molecular complexity index is 802. The minimum Gasteiger partial charge on any atom is -0.467 e. The molecule has 6 nitrogen and oxygen atoms in total. The molecule has 0 saturated carbocycles. The molecule has 4 heterocycles. The van der Waals surface area contributed by atoms with Crippen LogP contribution in [0.25, 0.3) is 0 Å². The molecule has 3 aromatic heterocycles. The van der Waals surface area contributed by atoms with Crippen molar-refractivity contribution in [2.75, 3.05) is 0 Å². The van der Waals surface area contributed by atoms with Crippen LogP contribution in [0.3, 0.4) is 0 Å². The van der Waals surface area contributed by atoms with Crippen molar-refractivity contribution in [1.29, 1.82) is 0 Å². The van der Waals surface area contributed by atoms with Crippen molar-refractivity contribution in [3.05, 3.63) is 58.2 Å². The monoisotopic (exact) mass is 356 g/mol. The lowest BCUT2D eigenvalue weighted by Gasteiger charge is -2.29. The van der Waals surface area contributed by atoms with Crippen molar-refractivity contribution >= 4 is 17.2 Å². The normalized spacial score (nSPS) is 16.6. The molecule has 130 valence electrons. The standard InChI is InChI=1S/C18H20N4O2S/c1-13-19-20-17-7-6-14(10-22(13)17)18(23)21(11-15-4-2-8-24-15)12-16-5-3-9-25-16/h2-5,8-9,14H,6-7,10-12H2,1H3/t14-/m0/s1. The second-order valence-electron chi connectivity index (χ2n) is 6.36. The first-order valence-electron chi connectivity index (χ1n) is 8.43. The summed E-state index contributed by atoms with van der Waals surface area (Å²) in [7, 11) is 0. The highest BCUT2D eigenvalue weighted by molar-refractivity contribution is 7.09. The SMILES string of the molecule is Cc1nnc2n1C[C@@H](C(=O)N(Cc1ccco1)Cc1cccs1)CC2. The molecule has 4 rings (SSSR count). The number of carbonyl (C=O) groups is 1. The molecule has 1 atom stereocenters. The molecule has 7 heteroatoms. The van der Waals surface area contributed by atoms with E-state index >= 15 is 0 Å². The summed E-state index contributed by atoms with van der Waals surface area (Å²) >= 11 is 1.67. The van der Waals surface area contributed by atoms with Gasteiger partial charge in [0, 0.05) is 17.8 Å². The van der Waals surface area contributed by atoms with E-state index in [1.54, 1.807) is 17.6 Å². The summed E-state index contributed by atoms with van der Waals surface area (Å²) in [5.41, 5.74) is 0. The van der Waals surface area contributed by atoms with Crippen LogP contribution in [-0.2, 0) is 30.8 Å². The van der Waals surface area contributed by atoms with Crippen LogP contribution in [0.5, 0.6) is 0 Å². The summed E-state index contributed by atoms with van der Waals surface area (Å²) in [5, 5.41) is 10.4. The van der Waals surface area contributed by atoms with E-state index in [0.29, 0.717) is 19.6 Å². The molecule has 0 saturated heterocycles. The summed E-state index contributed by atoms with van der Waals surface area (Å²) in [6.07, 6.45) is 3.26. The number of carbonyl (C=O) groups excluding carboxylic acids is 1. The van der Waals surface area contributed by atoms with Gasteiger partial charge in [-0.3, -0.25) is 4.79 Å². The first kappa shape index (κ1) is 16.1. The van der Waals surface area contributed by atoms with Gasteiger partial charge in [0.05, 0.1) is 25.3 Å². The molecular formula is C18H20N4O2S. The number of furan rings is 1. The third-order valence-corrected chi connectivity index (χ3v) is 5.51. The van der Waals surface area contributed by atoms with Crippen LogP contribution >= 0.6 is 11.3 Å². The van der Waals surface area contributed by atoms with Gasteiger partial charge in [0.1, 0.15) is 17.4 Å². The number of aromatic nitrogens is 3. The molecule has 25 heavy (non-hydrogen) atoms. The smallest absolute Gasteiger partial charge is 0.228 e. The number of hydrogen-bond acceptors (Lipinski definition) is 5. The van der Waals surface area contributed by atoms with Gasteiger partial charge in [-0.15, -0.1) is 21.5 Å². The molecule has 1 aliphatic heterocycles. The van der Waals surface area contributed by atoms with E-state index in [4.69, 9.17) is 4.42 Å². The van der Waals surface area contributed by atoms with Crippen LogP contribution < -0.4 is 0 Å². The summed E-state index contributed by atoms with van der Waals surface area (Å²) in [5.74, 6) is 2.79. The van der Waals surface area contributed by atoms with Crippen molar-refractivity contribution < 1.29 is 9.21 Å². The maximum atomic E-state index is 13.2. The second-order valence-corrected chi connectivity index (χ2v) is 7.39. The van der Waals surface area contributed by atoms with Crippen molar-refractivity contribution in [3.63, 3.8) is 0 Å². The Morgan fingerprint density at radius 2 is 2.28 bits per heavy atom. The third-order valence-electron chi connectivity index (χ3n) is 4.65. The van der Waals surface area contributed by atoms with Gasteiger partial charge in [0.2, 0.25) is 5.91 Å². The van der Waals surface area contributed by atoms with E-state index in [-0.39, 0.29) is 11.8 Å². The number of fused-ring (bicyclic) bond motifs is 1. The number of nitrogens with zero attached hydrogens (tertiary/aromatic N) is 4. The Morgan fingerprint density at radius 1 is 1.36 bits per heavy atom. The highest BCUT2D eigenvalue weighted by Crippen LogP contribution is 2.24. The average molecular weight is 356 g/mol. The molecule has 0 bridgehead atoms. The van der Waals surface area contributed by atoms with E-state index in [1.165, 1.54) is 4.88 Å². The van der Waals surface area contributed by atoms with Gasteiger partial charge in [0.25, 0.3) is 0 Å². The Hall–Kier alpha value is -2.41. The summed E-state index contributed by atoms with van der Waals surface area (Å²) < 4.78 is 7.54. The quantitative estimate of drug-likeness (QED) is 0.705. The van der Waals surface area contributed by atoms with E-state index in [1.807, 2.05) is 35.4 Å². The molecule has 0 aliphatic carbocycles.